The van der Waals surface area contributed by atoms with Crippen LogP contribution in [0.5, 0.6) is 0 Å². The summed E-state index contributed by atoms with van der Waals surface area (Å²) in [5, 5.41) is 4.03. The van der Waals surface area contributed by atoms with E-state index < -0.39 is 0 Å². The molecule has 0 saturated carbocycles. The molecule has 96 valence electrons. The maximum absolute atomic E-state index is 12.3. The maximum Gasteiger partial charge on any atom is 0.263 e. The fourth-order valence-corrected chi connectivity index (χ4v) is 2.21. The second kappa shape index (κ2) is 5.26. The average Bonchev–Trinajstić information content (AvgIpc) is 2.33. The van der Waals surface area contributed by atoms with E-state index in [1.807, 2.05) is 14.0 Å². The number of hydrogen-bond acceptors (Lipinski definition) is 3. The molecule has 1 aromatic carbocycles. The molecular formula is C12H13Cl2N3O. The van der Waals surface area contributed by atoms with E-state index in [0.29, 0.717) is 22.5 Å². The predicted octanol–water partition coefficient (Wildman–Crippen LogP) is 2.31. The van der Waals surface area contributed by atoms with Gasteiger partial charge in [0.05, 0.1) is 15.9 Å². The molecule has 6 heteroatoms. The van der Waals surface area contributed by atoms with Crippen LogP contribution in [0.1, 0.15) is 6.92 Å². The van der Waals surface area contributed by atoms with E-state index in [9.17, 15) is 4.79 Å². The molecule has 0 bridgehead atoms. The lowest BCUT2D eigenvalue weighted by molar-refractivity contribution is 0.503. The van der Waals surface area contributed by atoms with Gasteiger partial charge in [-0.3, -0.25) is 9.36 Å². The molecule has 0 aliphatic rings. The Morgan fingerprint density at radius 1 is 1.44 bits per heavy atom. The largest absolute Gasteiger partial charge is 0.315 e. The van der Waals surface area contributed by atoms with Crippen molar-refractivity contribution >= 4 is 34.1 Å². The number of benzene rings is 1. The van der Waals surface area contributed by atoms with Gasteiger partial charge in [0.15, 0.2) is 0 Å². The molecule has 1 unspecified atom stereocenters. The van der Waals surface area contributed by atoms with Gasteiger partial charge in [0.25, 0.3) is 5.56 Å². The fraction of sp³-hybridized carbons (Fsp3) is 0.333. The van der Waals surface area contributed by atoms with Crippen molar-refractivity contribution in [2.24, 2.45) is 0 Å². The standard InChI is InChI=1S/C12H13Cl2N3O/c1-7(15-2)6-17-11(18)10-8(13)4-3-5-9(10)16-12(17)14/h3-5,7,15H,6H2,1-2H3. The first-order valence-corrected chi connectivity index (χ1v) is 6.32. The zero-order chi connectivity index (χ0) is 13.3. The Bertz CT molecular complexity index is 639. The molecule has 0 spiro atoms. The first-order valence-electron chi connectivity index (χ1n) is 5.56. The maximum atomic E-state index is 12.3. The van der Waals surface area contributed by atoms with E-state index in [2.05, 4.69) is 10.3 Å². The normalized spacial score (nSPS) is 12.9. The lowest BCUT2D eigenvalue weighted by atomic mass is 10.2. The van der Waals surface area contributed by atoms with E-state index in [1.165, 1.54) is 4.57 Å². The summed E-state index contributed by atoms with van der Waals surface area (Å²) in [5.41, 5.74) is 0.309. The summed E-state index contributed by atoms with van der Waals surface area (Å²) in [5.74, 6) is 0. The molecule has 1 heterocycles. The zero-order valence-corrected chi connectivity index (χ0v) is 11.6. The Kier molecular flexibility index (Phi) is 3.90. The summed E-state index contributed by atoms with van der Waals surface area (Å²) < 4.78 is 1.43. The summed E-state index contributed by atoms with van der Waals surface area (Å²) in [6.45, 7) is 2.40. The van der Waals surface area contributed by atoms with Gasteiger partial charge in [-0.25, -0.2) is 4.98 Å². The van der Waals surface area contributed by atoms with Crippen molar-refractivity contribution in [2.75, 3.05) is 7.05 Å². The van der Waals surface area contributed by atoms with Crippen molar-refractivity contribution < 1.29 is 0 Å². The van der Waals surface area contributed by atoms with Gasteiger partial charge in [-0.2, -0.15) is 0 Å². The van der Waals surface area contributed by atoms with Gasteiger partial charge in [-0.1, -0.05) is 17.7 Å². The molecule has 18 heavy (non-hydrogen) atoms. The average molecular weight is 286 g/mol. The fourth-order valence-electron chi connectivity index (χ4n) is 1.72. The van der Waals surface area contributed by atoms with Crippen LogP contribution in [0, 0.1) is 0 Å². The Morgan fingerprint density at radius 2 is 2.17 bits per heavy atom. The van der Waals surface area contributed by atoms with Crippen LogP contribution in [0.4, 0.5) is 0 Å². The van der Waals surface area contributed by atoms with Crippen molar-refractivity contribution in [3.8, 4) is 0 Å². The van der Waals surface area contributed by atoms with Crippen LogP contribution in [0.25, 0.3) is 10.9 Å². The van der Waals surface area contributed by atoms with Crippen LogP contribution < -0.4 is 10.9 Å². The highest BCUT2D eigenvalue weighted by molar-refractivity contribution is 6.35. The molecule has 0 radical (unpaired) electrons. The third-order valence-corrected chi connectivity index (χ3v) is 3.44. The molecule has 4 nitrogen and oxygen atoms in total. The van der Waals surface area contributed by atoms with Crippen LogP contribution in [-0.2, 0) is 6.54 Å². The number of hydrogen-bond donors (Lipinski definition) is 1. The van der Waals surface area contributed by atoms with Gasteiger partial charge >= 0.3 is 0 Å². The Morgan fingerprint density at radius 3 is 2.83 bits per heavy atom. The minimum absolute atomic E-state index is 0.113. The van der Waals surface area contributed by atoms with Crippen LogP contribution in [0.15, 0.2) is 23.0 Å². The van der Waals surface area contributed by atoms with Gasteiger partial charge in [-0.05, 0) is 37.7 Å². The third kappa shape index (κ3) is 2.36. The quantitative estimate of drug-likeness (QED) is 0.881. The second-order valence-electron chi connectivity index (χ2n) is 4.12. The number of aromatic nitrogens is 2. The molecule has 0 aliphatic carbocycles. The zero-order valence-electron chi connectivity index (χ0n) is 10.1. The van der Waals surface area contributed by atoms with Gasteiger partial charge in [-0.15, -0.1) is 0 Å². The highest BCUT2D eigenvalue weighted by atomic mass is 35.5. The van der Waals surface area contributed by atoms with Crippen molar-refractivity contribution in [1.29, 1.82) is 0 Å². The lowest BCUT2D eigenvalue weighted by Gasteiger charge is -2.14. The molecule has 2 aromatic rings. The highest BCUT2D eigenvalue weighted by Crippen LogP contribution is 2.20. The molecule has 0 saturated heterocycles. The van der Waals surface area contributed by atoms with Crippen LogP contribution in [0.3, 0.4) is 0 Å². The van der Waals surface area contributed by atoms with Crippen molar-refractivity contribution in [3.05, 3.63) is 38.9 Å². The Labute approximate surface area is 115 Å². The SMILES string of the molecule is CNC(C)Cn1c(Cl)nc2cccc(Cl)c2c1=O. The number of nitrogens with one attached hydrogen (secondary N) is 1. The summed E-state index contributed by atoms with van der Waals surface area (Å²) in [4.78, 5) is 16.5. The highest BCUT2D eigenvalue weighted by Gasteiger charge is 2.13. The number of rotatable bonds is 3. The van der Waals surface area contributed by atoms with Crippen LogP contribution >= 0.6 is 23.2 Å². The molecule has 2 rings (SSSR count). The summed E-state index contributed by atoms with van der Waals surface area (Å²) in [6, 6.07) is 5.25. The molecule has 1 N–H and O–H groups in total. The lowest BCUT2D eigenvalue weighted by Crippen LogP contribution is -2.33. The number of fused-ring (bicyclic) bond motifs is 1. The van der Waals surface area contributed by atoms with Crippen molar-refractivity contribution in [3.63, 3.8) is 0 Å². The monoisotopic (exact) mass is 285 g/mol. The minimum Gasteiger partial charge on any atom is -0.315 e. The van der Waals surface area contributed by atoms with Crippen LogP contribution in [0.2, 0.25) is 10.3 Å². The topological polar surface area (TPSA) is 46.9 Å². The van der Waals surface area contributed by atoms with Crippen molar-refractivity contribution in [1.82, 2.24) is 14.9 Å². The summed E-state index contributed by atoms with van der Waals surface area (Å²) in [7, 11) is 1.82. The number of likely N-dealkylation sites (N-methyl/N-ethyl adjacent to an activating group) is 1. The van der Waals surface area contributed by atoms with Gasteiger partial charge < -0.3 is 5.32 Å². The van der Waals surface area contributed by atoms with Crippen molar-refractivity contribution in [2.45, 2.75) is 19.5 Å². The number of nitrogens with zero attached hydrogens (tertiary/aromatic N) is 2. The molecule has 1 aromatic heterocycles. The minimum atomic E-state index is -0.210. The van der Waals surface area contributed by atoms with E-state index in [1.54, 1.807) is 18.2 Å². The summed E-state index contributed by atoms with van der Waals surface area (Å²) in [6.07, 6.45) is 0. The first kappa shape index (κ1) is 13.3. The molecule has 0 aliphatic heterocycles. The van der Waals surface area contributed by atoms with Crippen LogP contribution in [-0.4, -0.2) is 22.6 Å². The van der Waals surface area contributed by atoms with Gasteiger partial charge in [0.2, 0.25) is 5.28 Å². The molecular weight excluding hydrogens is 273 g/mol. The van der Waals surface area contributed by atoms with E-state index >= 15 is 0 Å². The molecule has 0 fully saturated rings. The third-order valence-electron chi connectivity index (χ3n) is 2.84. The Hall–Kier alpha value is -1.10. The van der Waals surface area contributed by atoms with E-state index in [0.717, 1.165) is 0 Å². The Balaban J connectivity index is 2.68. The van der Waals surface area contributed by atoms with Gasteiger partial charge in [0, 0.05) is 12.6 Å². The predicted molar refractivity (Wildman–Crippen MR) is 74.5 cm³/mol. The molecule has 0 amide bonds. The van der Waals surface area contributed by atoms with Gasteiger partial charge in [0.1, 0.15) is 0 Å². The van der Waals surface area contributed by atoms with E-state index in [-0.39, 0.29) is 16.9 Å². The van der Waals surface area contributed by atoms with E-state index in [4.69, 9.17) is 23.2 Å². The molecule has 1 atom stereocenters. The second-order valence-corrected chi connectivity index (χ2v) is 4.87. The first-order chi connectivity index (χ1) is 8.54. The summed E-state index contributed by atoms with van der Waals surface area (Å²) >= 11 is 12.1. The number of halogens is 2. The smallest absolute Gasteiger partial charge is 0.263 e.